The number of likely N-dealkylation sites (tertiary alicyclic amines) is 1. The average Bonchev–Trinajstić information content (AvgIpc) is 3.31. The minimum absolute atomic E-state index is 0.00745. The first kappa shape index (κ1) is 23.8. The van der Waals surface area contributed by atoms with E-state index in [0.29, 0.717) is 35.6 Å². The van der Waals surface area contributed by atoms with Crippen molar-refractivity contribution in [2.45, 2.75) is 33.6 Å². The topological polar surface area (TPSA) is 75.4 Å². The van der Waals surface area contributed by atoms with Crippen molar-refractivity contribution in [3.05, 3.63) is 83.4 Å². The zero-order valence-corrected chi connectivity index (χ0v) is 21.0. The monoisotopic (exact) mass is 481 g/mol. The number of fused-ring (bicyclic) bond motifs is 1. The van der Waals surface area contributed by atoms with Gasteiger partial charge in [0.15, 0.2) is 5.58 Å². The lowest BCUT2D eigenvalue weighted by Gasteiger charge is -2.34. The van der Waals surface area contributed by atoms with E-state index < -0.39 is 0 Å². The zero-order chi connectivity index (χ0) is 25.2. The van der Waals surface area contributed by atoms with Gasteiger partial charge in [0.1, 0.15) is 5.52 Å². The number of hydrogen-bond donors (Lipinski definition) is 1. The lowest BCUT2D eigenvalue weighted by atomic mass is 9.84. The maximum Gasteiger partial charge on any atom is 0.253 e. The number of amides is 2. The number of carbonyl (C=O) groups excluding carboxylic acids is 2. The van der Waals surface area contributed by atoms with Gasteiger partial charge in [0, 0.05) is 35.8 Å². The van der Waals surface area contributed by atoms with E-state index in [4.69, 9.17) is 4.42 Å². The number of hydrogen-bond acceptors (Lipinski definition) is 4. The largest absolute Gasteiger partial charge is 0.436 e. The Balaban J connectivity index is 1.21. The molecule has 0 radical (unpaired) electrons. The van der Waals surface area contributed by atoms with Gasteiger partial charge in [-0.15, -0.1) is 0 Å². The summed E-state index contributed by atoms with van der Waals surface area (Å²) in [5.74, 6) is 0.698. The number of aromatic nitrogens is 1. The number of piperidine rings is 1. The summed E-state index contributed by atoms with van der Waals surface area (Å²) in [6, 6.07) is 21.2. The molecule has 1 aliphatic rings. The Morgan fingerprint density at radius 2 is 1.67 bits per heavy atom. The average molecular weight is 482 g/mol. The van der Waals surface area contributed by atoms with Crippen molar-refractivity contribution in [2.24, 2.45) is 11.8 Å². The molecule has 1 saturated heterocycles. The summed E-state index contributed by atoms with van der Waals surface area (Å²) in [7, 11) is 0. The quantitative estimate of drug-likeness (QED) is 0.366. The fourth-order valence-electron chi connectivity index (χ4n) is 5.07. The minimum atomic E-state index is -0.119. The molecule has 2 amide bonds. The molecule has 1 unspecified atom stereocenters. The molecule has 1 aromatic heterocycles. The van der Waals surface area contributed by atoms with Crippen molar-refractivity contribution < 1.29 is 14.0 Å². The summed E-state index contributed by atoms with van der Waals surface area (Å²) in [5, 5.41) is 3.08. The van der Waals surface area contributed by atoms with E-state index in [-0.39, 0.29) is 23.7 Å². The van der Waals surface area contributed by atoms with E-state index in [1.54, 1.807) is 12.1 Å². The molecule has 0 spiro atoms. The van der Waals surface area contributed by atoms with Gasteiger partial charge in [-0.2, -0.15) is 0 Å². The van der Waals surface area contributed by atoms with E-state index in [1.165, 1.54) is 0 Å². The molecule has 2 heterocycles. The van der Waals surface area contributed by atoms with Gasteiger partial charge >= 0.3 is 0 Å². The van der Waals surface area contributed by atoms with Crippen LogP contribution < -0.4 is 5.32 Å². The molecule has 5 rings (SSSR count). The van der Waals surface area contributed by atoms with Crippen LogP contribution >= 0.6 is 0 Å². The van der Waals surface area contributed by atoms with Crippen LogP contribution in [0.1, 0.15) is 41.3 Å². The first-order valence-corrected chi connectivity index (χ1v) is 12.5. The molecular formula is C30H31N3O3. The van der Waals surface area contributed by atoms with Crippen molar-refractivity contribution in [2.75, 3.05) is 18.4 Å². The Hall–Kier alpha value is -3.93. The Morgan fingerprint density at radius 1 is 0.972 bits per heavy atom. The predicted octanol–water partition coefficient (Wildman–Crippen LogP) is 6.24. The van der Waals surface area contributed by atoms with Gasteiger partial charge in [-0.05, 0) is 86.2 Å². The first-order chi connectivity index (χ1) is 17.4. The lowest BCUT2D eigenvalue weighted by molar-refractivity contribution is -0.121. The highest BCUT2D eigenvalue weighted by molar-refractivity contribution is 5.97. The smallest absolute Gasteiger partial charge is 0.253 e. The fraction of sp³-hybridized carbons (Fsp3) is 0.300. The van der Waals surface area contributed by atoms with Gasteiger partial charge in [0.2, 0.25) is 11.8 Å². The highest BCUT2D eigenvalue weighted by Gasteiger charge is 2.30. The maximum absolute atomic E-state index is 13.2. The van der Waals surface area contributed by atoms with Crippen LogP contribution in [0.2, 0.25) is 0 Å². The summed E-state index contributed by atoms with van der Waals surface area (Å²) in [4.78, 5) is 32.6. The number of rotatable bonds is 5. The number of anilines is 1. The fourth-order valence-corrected chi connectivity index (χ4v) is 5.07. The van der Waals surface area contributed by atoms with Crippen molar-refractivity contribution in [1.82, 2.24) is 9.88 Å². The van der Waals surface area contributed by atoms with Crippen LogP contribution in [0.25, 0.3) is 22.6 Å². The number of nitrogens with one attached hydrogen (secondary N) is 1. The number of carbonyl (C=O) groups is 2. The Morgan fingerprint density at radius 3 is 2.36 bits per heavy atom. The molecule has 0 saturated carbocycles. The van der Waals surface area contributed by atoms with Crippen LogP contribution in [0.5, 0.6) is 0 Å². The summed E-state index contributed by atoms with van der Waals surface area (Å²) in [6.45, 7) is 7.32. The third-order valence-electron chi connectivity index (χ3n) is 7.09. The minimum Gasteiger partial charge on any atom is -0.436 e. The van der Waals surface area contributed by atoms with Crippen LogP contribution in [0.15, 0.2) is 71.1 Å². The molecule has 184 valence electrons. The SMILES string of the molecule is Cc1cc(C)cc(NC(=O)C(C)C2CCN(C(=O)c3ccc4oc(-c5ccccc5)nc4c3)CC2)c1. The van der Waals surface area contributed by atoms with E-state index >= 15 is 0 Å². The zero-order valence-electron chi connectivity index (χ0n) is 21.0. The normalized spacial score (nSPS) is 15.1. The van der Waals surface area contributed by atoms with Gasteiger partial charge in [-0.3, -0.25) is 9.59 Å². The molecule has 6 nitrogen and oxygen atoms in total. The van der Waals surface area contributed by atoms with Crippen LogP contribution in [-0.4, -0.2) is 34.8 Å². The van der Waals surface area contributed by atoms with Gasteiger partial charge in [-0.1, -0.05) is 31.2 Å². The van der Waals surface area contributed by atoms with E-state index in [9.17, 15) is 9.59 Å². The Labute approximate surface area is 211 Å². The van der Waals surface area contributed by atoms with Crippen molar-refractivity contribution in [3.63, 3.8) is 0 Å². The number of nitrogens with zero attached hydrogens (tertiary/aromatic N) is 2. The van der Waals surface area contributed by atoms with Crippen LogP contribution in [-0.2, 0) is 4.79 Å². The highest BCUT2D eigenvalue weighted by Crippen LogP contribution is 2.29. The first-order valence-electron chi connectivity index (χ1n) is 12.5. The highest BCUT2D eigenvalue weighted by atomic mass is 16.3. The molecule has 0 bridgehead atoms. The standard InChI is InChI=1S/C30H31N3O3/c1-19-15-20(2)17-25(16-19)31-28(34)21(3)22-11-13-33(14-12-22)30(35)24-9-10-27-26(18-24)32-29(36-27)23-7-5-4-6-8-23/h4-10,15-18,21-22H,11-14H2,1-3H3,(H,31,34). The third kappa shape index (κ3) is 5.03. The van der Waals surface area contributed by atoms with Crippen LogP contribution in [0.3, 0.4) is 0 Å². The van der Waals surface area contributed by atoms with E-state index in [2.05, 4.69) is 16.4 Å². The van der Waals surface area contributed by atoms with Gasteiger partial charge in [0.05, 0.1) is 0 Å². The van der Waals surface area contributed by atoms with Gasteiger partial charge in [-0.25, -0.2) is 4.98 Å². The van der Waals surface area contributed by atoms with Crippen molar-refractivity contribution in [1.29, 1.82) is 0 Å². The van der Waals surface area contributed by atoms with Crippen molar-refractivity contribution in [3.8, 4) is 11.5 Å². The van der Waals surface area contributed by atoms with E-state index in [0.717, 1.165) is 35.2 Å². The molecule has 0 aliphatic carbocycles. The van der Waals surface area contributed by atoms with Gasteiger partial charge in [0.25, 0.3) is 5.91 Å². The number of aryl methyl sites for hydroxylation is 2. The van der Waals surface area contributed by atoms with Gasteiger partial charge < -0.3 is 14.6 Å². The number of oxazole rings is 1. The van der Waals surface area contributed by atoms with Crippen molar-refractivity contribution >= 4 is 28.6 Å². The molecule has 3 aromatic carbocycles. The van der Waals surface area contributed by atoms with E-state index in [1.807, 2.05) is 74.2 Å². The second kappa shape index (κ2) is 9.97. The molecule has 4 aromatic rings. The Kier molecular flexibility index (Phi) is 6.59. The third-order valence-corrected chi connectivity index (χ3v) is 7.09. The molecule has 1 aliphatic heterocycles. The molecule has 1 atom stereocenters. The molecular weight excluding hydrogens is 450 g/mol. The molecule has 1 fully saturated rings. The molecule has 1 N–H and O–H groups in total. The summed E-state index contributed by atoms with van der Waals surface area (Å²) >= 11 is 0. The molecule has 36 heavy (non-hydrogen) atoms. The lowest BCUT2D eigenvalue weighted by Crippen LogP contribution is -2.41. The number of benzene rings is 3. The summed E-state index contributed by atoms with van der Waals surface area (Å²) < 4.78 is 5.88. The summed E-state index contributed by atoms with van der Waals surface area (Å²) in [6.07, 6.45) is 1.61. The molecule has 6 heteroatoms. The van der Waals surface area contributed by atoms with Crippen LogP contribution in [0, 0.1) is 25.7 Å². The summed E-state index contributed by atoms with van der Waals surface area (Å²) in [5.41, 5.74) is 5.94. The predicted molar refractivity (Wildman–Crippen MR) is 142 cm³/mol. The Bertz CT molecular complexity index is 1380. The second-order valence-electron chi connectivity index (χ2n) is 9.85. The second-order valence-corrected chi connectivity index (χ2v) is 9.85. The maximum atomic E-state index is 13.2. The van der Waals surface area contributed by atoms with Crippen LogP contribution in [0.4, 0.5) is 5.69 Å².